The SMILES string of the molecule is O=Cc1cc2cc(OCc3ccccc3)cnc2n1C(=O)O. The fourth-order valence-electron chi connectivity index (χ4n) is 2.20. The number of rotatable bonds is 4. The standard InChI is InChI=1S/C16H12N2O4/c19-9-13-6-12-7-14(8-17-15(12)18(13)16(20)21)22-10-11-4-2-1-3-5-11/h1-9H,10H2,(H,20,21). The lowest BCUT2D eigenvalue weighted by atomic mass is 10.2. The van der Waals surface area contributed by atoms with Crippen LogP contribution in [0.3, 0.4) is 0 Å². The third-order valence-electron chi connectivity index (χ3n) is 3.20. The summed E-state index contributed by atoms with van der Waals surface area (Å²) < 4.78 is 6.49. The van der Waals surface area contributed by atoms with E-state index in [0.717, 1.165) is 10.1 Å². The van der Waals surface area contributed by atoms with Gasteiger partial charge in [-0.1, -0.05) is 30.3 Å². The molecule has 0 aliphatic heterocycles. The molecular weight excluding hydrogens is 284 g/mol. The second-order valence-corrected chi connectivity index (χ2v) is 4.66. The smallest absolute Gasteiger partial charge is 0.417 e. The molecule has 22 heavy (non-hydrogen) atoms. The van der Waals surface area contributed by atoms with Gasteiger partial charge in [-0.2, -0.15) is 0 Å². The summed E-state index contributed by atoms with van der Waals surface area (Å²) in [6.07, 6.45) is 0.683. The molecule has 6 nitrogen and oxygen atoms in total. The number of hydrogen-bond acceptors (Lipinski definition) is 4. The average Bonchev–Trinajstić information content (AvgIpc) is 2.91. The topological polar surface area (TPSA) is 81.4 Å². The fraction of sp³-hybridized carbons (Fsp3) is 0.0625. The second kappa shape index (κ2) is 5.69. The molecule has 0 saturated carbocycles. The lowest BCUT2D eigenvalue weighted by Gasteiger charge is -2.06. The molecule has 0 spiro atoms. The van der Waals surface area contributed by atoms with E-state index in [1.54, 1.807) is 6.07 Å². The van der Waals surface area contributed by atoms with Crippen LogP contribution in [0.2, 0.25) is 0 Å². The summed E-state index contributed by atoms with van der Waals surface area (Å²) in [6.45, 7) is 0.383. The maximum Gasteiger partial charge on any atom is 0.417 e. The van der Waals surface area contributed by atoms with Crippen molar-refractivity contribution in [3.8, 4) is 5.75 Å². The van der Waals surface area contributed by atoms with Crippen molar-refractivity contribution in [2.75, 3.05) is 0 Å². The number of nitrogens with zero attached hydrogens (tertiary/aromatic N) is 2. The van der Waals surface area contributed by atoms with Gasteiger partial charge >= 0.3 is 6.09 Å². The van der Waals surface area contributed by atoms with E-state index in [9.17, 15) is 9.59 Å². The van der Waals surface area contributed by atoms with Gasteiger partial charge in [0.25, 0.3) is 0 Å². The van der Waals surface area contributed by atoms with Crippen molar-refractivity contribution in [3.05, 3.63) is 59.9 Å². The van der Waals surface area contributed by atoms with Crippen LogP contribution in [0.1, 0.15) is 16.1 Å². The molecule has 0 atom stereocenters. The first-order chi connectivity index (χ1) is 10.7. The fourth-order valence-corrected chi connectivity index (χ4v) is 2.20. The lowest BCUT2D eigenvalue weighted by Crippen LogP contribution is -2.11. The van der Waals surface area contributed by atoms with Gasteiger partial charge in [0, 0.05) is 5.39 Å². The average molecular weight is 296 g/mol. The van der Waals surface area contributed by atoms with Gasteiger partial charge in [0.2, 0.25) is 0 Å². The Kier molecular flexibility index (Phi) is 3.57. The van der Waals surface area contributed by atoms with Crippen molar-refractivity contribution >= 4 is 23.4 Å². The molecule has 2 heterocycles. The number of hydrogen-bond donors (Lipinski definition) is 1. The van der Waals surface area contributed by atoms with Crippen LogP contribution in [0.4, 0.5) is 4.79 Å². The number of carbonyl (C=O) groups excluding carboxylic acids is 1. The van der Waals surface area contributed by atoms with Crippen molar-refractivity contribution in [1.29, 1.82) is 0 Å². The minimum atomic E-state index is -1.25. The zero-order valence-corrected chi connectivity index (χ0v) is 11.5. The third-order valence-corrected chi connectivity index (χ3v) is 3.20. The number of benzene rings is 1. The summed E-state index contributed by atoms with van der Waals surface area (Å²) in [5, 5.41) is 9.67. The Labute approximate surface area is 125 Å². The van der Waals surface area contributed by atoms with Crippen molar-refractivity contribution in [3.63, 3.8) is 0 Å². The minimum Gasteiger partial charge on any atom is -0.487 e. The molecule has 1 N–H and O–H groups in total. The molecule has 0 aliphatic carbocycles. The number of fused-ring (bicyclic) bond motifs is 1. The minimum absolute atomic E-state index is 0.0372. The maximum absolute atomic E-state index is 11.2. The highest BCUT2D eigenvalue weighted by Gasteiger charge is 2.15. The van der Waals surface area contributed by atoms with Gasteiger partial charge in [-0.05, 0) is 17.7 Å². The van der Waals surface area contributed by atoms with E-state index in [0.29, 0.717) is 24.0 Å². The number of carbonyl (C=O) groups is 2. The van der Waals surface area contributed by atoms with Crippen LogP contribution < -0.4 is 4.74 Å². The molecule has 0 unspecified atom stereocenters. The van der Waals surface area contributed by atoms with Gasteiger partial charge in [-0.15, -0.1) is 0 Å². The molecule has 110 valence electrons. The first-order valence-corrected chi connectivity index (χ1v) is 6.56. The van der Waals surface area contributed by atoms with Crippen LogP contribution in [0, 0.1) is 0 Å². The van der Waals surface area contributed by atoms with E-state index in [4.69, 9.17) is 9.84 Å². The van der Waals surface area contributed by atoms with E-state index in [1.165, 1.54) is 12.3 Å². The number of carboxylic acid groups (broad SMARTS) is 1. The molecule has 0 fully saturated rings. The van der Waals surface area contributed by atoms with E-state index >= 15 is 0 Å². The molecular formula is C16H12N2O4. The van der Waals surface area contributed by atoms with Crippen molar-refractivity contribution in [2.24, 2.45) is 0 Å². The summed E-state index contributed by atoms with van der Waals surface area (Å²) in [5.41, 5.74) is 1.26. The Morgan fingerprint density at radius 1 is 1.27 bits per heavy atom. The number of aromatic nitrogens is 2. The molecule has 6 heteroatoms. The molecule has 3 rings (SSSR count). The number of pyridine rings is 1. The van der Waals surface area contributed by atoms with Crippen molar-refractivity contribution in [2.45, 2.75) is 6.61 Å². The van der Waals surface area contributed by atoms with E-state index < -0.39 is 6.09 Å². The summed E-state index contributed by atoms with van der Waals surface area (Å²) >= 11 is 0. The molecule has 0 saturated heterocycles. The largest absolute Gasteiger partial charge is 0.487 e. The normalized spacial score (nSPS) is 10.5. The summed E-state index contributed by atoms with van der Waals surface area (Å²) in [4.78, 5) is 26.2. The quantitative estimate of drug-likeness (QED) is 0.748. The monoisotopic (exact) mass is 296 g/mol. The Balaban J connectivity index is 1.90. The van der Waals surface area contributed by atoms with Crippen LogP contribution >= 0.6 is 0 Å². The van der Waals surface area contributed by atoms with Gasteiger partial charge in [0.05, 0.1) is 11.9 Å². The lowest BCUT2D eigenvalue weighted by molar-refractivity contribution is 0.111. The van der Waals surface area contributed by atoms with Gasteiger partial charge in [-0.25, -0.2) is 14.3 Å². The number of ether oxygens (including phenoxy) is 1. The van der Waals surface area contributed by atoms with Crippen LogP contribution in [-0.4, -0.2) is 27.0 Å². The Morgan fingerprint density at radius 3 is 2.73 bits per heavy atom. The Morgan fingerprint density at radius 2 is 2.05 bits per heavy atom. The maximum atomic E-state index is 11.2. The highest BCUT2D eigenvalue weighted by molar-refractivity contribution is 5.95. The Hall–Kier alpha value is -3.15. The van der Waals surface area contributed by atoms with Crippen LogP contribution in [0.15, 0.2) is 48.7 Å². The van der Waals surface area contributed by atoms with Crippen molar-refractivity contribution < 1.29 is 19.4 Å². The van der Waals surface area contributed by atoms with E-state index in [-0.39, 0.29) is 11.3 Å². The van der Waals surface area contributed by atoms with Crippen LogP contribution in [0.25, 0.3) is 11.0 Å². The molecule has 0 bridgehead atoms. The molecule has 1 aromatic carbocycles. The predicted molar refractivity (Wildman–Crippen MR) is 79.3 cm³/mol. The second-order valence-electron chi connectivity index (χ2n) is 4.66. The highest BCUT2D eigenvalue weighted by Crippen LogP contribution is 2.22. The summed E-state index contributed by atoms with van der Waals surface area (Å²) in [5.74, 6) is 0.511. The summed E-state index contributed by atoms with van der Waals surface area (Å²) in [7, 11) is 0. The van der Waals surface area contributed by atoms with Crippen molar-refractivity contribution in [1.82, 2.24) is 9.55 Å². The number of aldehydes is 1. The predicted octanol–water partition coefficient (Wildman–Crippen LogP) is 2.95. The van der Waals surface area contributed by atoms with Gasteiger partial charge in [0.15, 0.2) is 6.29 Å². The van der Waals surface area contributed by atoms with Gasteiger partial charge in [0.1, 0.15) is 18.0 Å². The Bertz CT molecular complexity index is 840. The zero-order valence-electron chi connectivity index (χ0n) is 11.5. The zero-order chi connectivity index (χ0) is 15.5. The van der Waals surface area contributed by atoms with E-state index in [1.807, 2.05) is 30.3 Å². The van der Waals surface area contributed by atoms with Crippen LogP contribution in [0.5, 0.6) is 5.75 Å². The van der Waals surface area contributed by atoms with Gasteiger partial charge in [-0.3, -0.25) is 4.79 Å². The highest BCUT2D eigenvalue weighted by atomic mass is 16.5. The first kappa shape index (κ1) is 13.8. The van der Waals surface area contributed by atoms with Crippen LogP contribution in [-0.2, 0) is 6.61 Å². The molecule has 2 aromatic heterocycles. The summed E-state index contributed by atoms with van der Waals surface area (Å²) in [6, 6.07) is 12.8. The molecule has 3 aromatic rings. The molecule has 0 amide bonds. The van der Waals surface area contributed by atoms with E-state index in [2.05, 4.69) is 4.98 Å². The van der Waals surface area contributed by atoms with Gasteiger partial charge < -0.3 is 9.84 Å². The first-order valence-electron chi connectivity index (χ1n) is 6.56. The molecule has 0 radical (unpaired) electrons. The third kappa shape index (κ3) is 2.54. The molecule has 0 aliphatic rings.